The summed E-state index contributed by atoms with van der Waals surface area (Å²) in [4.78, 5) is 0. The van der Waals surface area contributed by atoms with Crippen LogP contribution in [-0.4, -0.2) is 62.8 Å². The molecule has 6 nitrogen and oxygen atoms in total. The molecule has 0 bridgehead atoms. The summed E-state index contributed by atoms with van der Waals surface area (Å²) >= 11 is 0. The van der Waals surface area contributed by atoms with Gasteiger partial charge in [-0.1, -0.05) is 7.43 Å². The van der Waals surface area contributed by atoms with Gasteiger partial charge in [-0.15, -0.1) is 0 Å². The topological polar surface area (TPSA) is 110 Å². The third-order valence-electron chi connectivity index (χ3n) is 1.87. The summed E-state index contributed by atoms with van der Waals surface area (Å²) in [7, 11) is 0. The van der Waals surface area contributed by atoms with Crippen molar-refractivity contribution >= 4 is 0 Å². The van der Waals surface area contributed by atoms with Gasteiger partial charge in [-0.2, -0.15) is 0 Å². The van der Waals surface area contributed by atoms with E-state index in [0.717, 1.165) is 0 Å². The Bertz CT molecular complexity index is 147. The molecule has 5 atom stereocenters. The lowest BCUT2D eigenvalue weighted by Crippen LogP contribution is -2.58. The first-order valence-corrected chi connectivity index (χ1v) is 3.56. The lowest BCUT2D eigenvalue weighted by Gasteiger charge is -2.37. The van der Waals surface area contributed by atoms with Gasteiger partial charge < -0.3 is 30.3 Å². The summed E-state index contributed by atoms with van der Waals surface area (Å²) in [6, 6.07) is 0. The molecule has 0 aromatic heterocycles. The monoisotopic (exact) mass is 196 g/mol. The highest BCUT2D eigenvalue weighted by molar-refractivity contribution is 4.87. The summed E-state index contributed by atoms with van der Waals surface area (Å²) in [5, 5.41) is 44.7. The van der Waals surface area contributed by atoms with Gasteiger partial charge in [-0.3, -0.25) is 0 Å². The molecule has 0 aliphatic carbocycles. The van der Waals surface area contributed by atoms with Crippen molar-refractivity contribution < 1.29 is 30.3 Å². The normalized spacial score (nSPS) is 45.5. The first-order valence-electron chi connectivity index (χ1n) is 3.56. The van der Waals surface area contributed by atoms with E-state index in [0.29, 0.717) is 0 Å². The second-order valence-corrected chi connectivity index (χ2v) is 2.72. The average Bonchev–Trinajstić information content (AvgIpc) is 2.08. The van der Waals surface area contributed by atoms with Gasteiger partial charge in [0, 0.05) is 0 Å². The molecule has 1 aliphatic heterocycles. The standard InChI is InChI=1S/C6H12O6.CH4/c7-1-2-3(8)4(9)5(10)6(11)12-2;/h2-11H,1H2;1H4/t2-,3-,4+,5-,6-;/m1./s1. The number of hydrogen-bond donors (Lipinski definition) is 5. The van der Waals surface area contributed by atoms with Crippen molar-refractivity contribution in [2.75, 3.05) is 6.61 Å². The van der Waals surface area contributed by atoms with Crippen LogP contribution in [0.1, 0.15) is 7.43 Å². The first kappa shape index (κ1) is 12.8. The number of aliphatic hydroxyl groups excluding tert-OH is 5. The average molecular weight is 196 g/mol. The van der Waals surface area contributed by atoms with Crippen molar-refractivity contribution in [3.05, 3.63) is 0 Å². The lowest BCUT2D eigenvalue weighted by molar-refractivity contribution is -0.286. The van der Waals surface area contributed by atoms with E-state index in [9.17, 15) is 0 Å². The third kappa shape index (κ3) is 2.37. The van der Waals surface area contributed by atoms with Crippen molar-refractivity contribution in [2.45, 2.75) is 38.1 Å². The molecule has 6 heteroatoms. The van der Waals surface area contributed by atoms with Crippen LogP contribution in [0.15, 0.2) is 0 Å². The van der Waals surface area contributed by atoms with Crippen LogP contribution in [-0.2, 0) is 4.74 Å². The highest BCUT2D eigenvalue weighted by Gasteiger charge is 2.42. The fraction of sp³-hybridized carbons (Fsp3) is 1.00. The van der Waals surface area contributed by atoms with Gasteiger partial charge in [0.1, 0.15) is 24.4 Å². The number of ether oxygens (including phenoxy) is 1. The summed E-state index contributed by atoms with van der Waals surface area (Å²) in [6.07, 6.45) is -7.04. The van der Waals surface area contributed by atoms with E-state index in [-0.39, 0.29) is 7.43 Å². The quantitative estimate of drug-likeness (QED) is 0.315. The van der Waals surface area contributed by atoms with Crippen LogP contribution in [0.3, 0.4) is 0 Å². The van der Waals surface area contributed by atoms with Crippen LogP contribution in [0.5, 0.6) is 0 Å². The van der Waals surface area contributed by atoms with Crippen molar-refractivity contribution in [3.8, 4) is 0 Å². The van der Waals surface area contributed by atoms with E-state index in [4.69, 9.17) is 25.5 Å². The zero-order chi connectivity index (χ0) is 9.30. The Morgan fingerprint density at radius 3 is 1.92 bits per heavy atom. The van der Waals surface area contributed by atoms with E-state index in [2.05, 4.69) is 4.74 Å². The van der Waals surface area contributed by atoms with Crippen molar-refractivity contribution in [3.63, 3.8) is 0 Å². The minimum absolute atomic E-state index is 0. The fourth-order valence-corrected chi connectivity index (χ4v) is 1.08. The number of aliphatic hydroxyl groups is 5. The van der Waals surface area contributed by atoms with Gasteiger partial charge >= 0.3 is 0 Å². The Labute approximate surface area is 76.0 Å². The minimum atomic E-state index is -1.57. The molecule has 13 heavy (non-hydrogen) atoms. The van der Waals surface area contributed by atoms with Crippen LogP contribution in [0, 0.1) is 0 Å². The minimum Gasteiger partial charge on any atom is -0.394 e. The molecule has 0 aromatic rings. The van der Waals surface area contributed by atoms with Gasteiger partial charge in [0.25, 0.3) is 0 Å². The lowest BCUT2D eigenvalue weighted by atomic mass is 10.00. The van der Waals surface area contributed by atoms with Crippen LogP contribution in [0.4, 0.5) is 0 Å². The molecule has 5 N–H and O–H groups in total. The molecule has 1 aliphatic rings. The van der Waals surface area contributed by atoms with E-state index in [1.807, 2.05) is 0 Å². The van der Waals surface area contributed by atoms with Gasteiger partial charge in [0.15, 0.2) is 6.29 Å². The zero-order valence-corrected chi connectivity index (χ0v) is 6.24. The Balaban J connectivity index is 0.00000144. The van der Waals surface area contributed by atoms with E-state index in [1.165, 1.54) is 0 Å². The maximum absolute atomic E-state index is 9.12. The Kier molecular flexibility index (Phi) is 4.76. The molecule has 0 spiro atoms. The summed E-state index contributed by atoms with van der Waals surface area (Å²) in [6.45, 7) is -0.526. The molecule has 0 aromatic carbocycles. The van der Waals surface area contributed by atoms with Crippen LogP contribution < -0.4 is 0 Å². The first-order chi connectivity index (χ1) is 5.57. The van der Waals surface area contributed by atoms with E-state index >= 15 is 0 Å². The van der Waals surface area contributed by atoms with Gasteiger partial charge in [0.05, 0.1) is 6.61 Å². The molecular formula is C7H16O6. The van der Waals surface area contributed by atoms with Gasteiger partial charge in [-0.25, -0.2) is 0 Å². The zero-order valence-electron chi connectivity index (χ0n) is 6.24. The van der Waals surface area contributed by atoms with Crippen LogP contribution >= 0.6 is 0 Å². The largest absolute Gasteiger partial charge is 0.394 e. The summed E-state index contributed by atoms with van der Waals surface area (Å²) in [5.41, 5.74) is 0. The van der Waals surface area contributed by atoms with Crippen LogP contribution in [0.25, 0.3) is 0 Å². The summed E-state index contributed by atoms with van der Waals surface area (Å²) < 4.78 is 4.58. The van der Waals surface area contributed by atoms with E-state index < -0.39 is 37.3 Å². The van der Waals surface area contributed by atoms with Crippen molar-refractivity contribution in [1.29, 1.82) is 0 Å². The van der Waals surface area contributed by atoms with Gasteiger partial charge in [-0.05, 0) is 0 Å². The predicted molar refractivity (Wildman–Crippen MR) is 42.7 cm³/mol. The number of rotatable bonds is 1. The summed E-state index contributed by atoms with van der Waals surface area (Å²) in [5.74, 6) is 0. The maximum atomic E-state index is 9.12. The van der Waals surface area contributed by atoms with Gasteiger partial charge in [0.2, 0.25) is 0 Å². The highest BCUT2D eigenvalue weighted by atomic mass is 16.6. The van der Waals surface area contributed by atoms with E-state index in [1.54, 1.807) is 0 Å². The predicted octanol–water partition coefficient (Wildman–Crippen LogP) is -2.59. The molecular weight excluding hydrogens is 180 g/mol. The fourth-order valence-electron chi connectivity index (χ4n) is 1.08. The molecule has 0 radical (unpaired) electrons. The second kappa shape index (κ2) is 4.85. The maximum Gasteiger partial charge on any atom is 0.184 e. The Hall–Kier alpha value is -0.240. The molecule has 0 saturated carbocycles. The Morgan fingerprint density at radius 1 is 0.923 bits per heavy atom. The molecule has 1 fully saturated rings. The molecule has 1 saturated heterocycles. The Morgan fingerprint density at radius 2 is 1.46 bits per heavy atom. The van der Waals surface area contributed by atoms with Crippen molar-refractivity contribution in [2.24, 2.45) is 0 Å². The number of hydrogen-bond acceptors (Lipinski definition) is 6. The SMILES string of the molecule is C.OC[C@H]1O[C@@H](O)[C@H](O)[C@@H](O)[C@@H]1O. The molecule has 80 valence electrons. The third-order valence-corrected chi connectivity index (χ3v) is 1.87. The molecule has 0 amide bonds. The second-order valence-electron chi connectivity index (χ2n) is 2.72. The smallest absolute Gasteiger partial charge is 0.184 e. The highest BCUT2D eigenvalue weighted by Crippen LogP contribution is 2.18. The molecule has 1 rings (SSSR count). The molecule has 0 unspecified atom stereocenters. The molecule has 1 heterocycles. The van der Waals surface area contributed by atoms with Crippen LogP contribution in [0.2, 0.25) is 0 Å². The van der Waals surface area contributed by atoms with Crippen molar-refractivity contribution in [1.82, 2.24) is 0 Å².